The summed E-state index contributed by atoms with van der Waals surface area (Å²) in [7, 11) is 0. The molecular formula is C9H16O2. The molecule has 0 aromatic heterocycles. The Bertz CT molecular complexity index is 148. The largest absolute Gasteiger partial charge is 0.467 e. The van der Waals surface area contributed by atoms with E-state index >= 15 is 0 Å². The first-order valence-electron chi connectivity index (χ1n) is 3.67. The van der Waals surface area contributed by atoms with Crippen LogP contribution in [0.4, 0.5) is 0 Å². The van der Waals surface area contributed by atoms with E-state index in [0.717, 1.165) is 12.0 Å². The van der Waals surface area contributed by atoms with E-state index in [1.54, 1.807) is 0 Å². The fourth-order valence-electron chi connectivity index (χ4n) is 1.13. The van der Waals surface area contributed by atoms with E-state index in [9.17, 15) is 4.79 Å². The molecule has 0 aliphatic carbocycles. The van der Waals surface area contributed by atoms with Gasteiger partial charge in [0.25, 0.3) is 6.47 Å². The van der Waals surface area contributed by atoms with E-state index < -0.39 is 0 Å². The zero-order chi connectivity index (χ0) is 8.91. The summed E-state index contributed by atoms with van der Waals surface area (Å²) in [6.07, 6.45) is 0.890. The molecule has 0 fully saturated rings. The molecule has 0 aliphatic heterocycles. The molecule has 11 heavy (non-hydrogen) atoms. The van der Waals surface area contributed by atoms with Gasteiger partial charge in [-0.1, -0.05) is 19.4 Å². The maximum atomic E-state index is 9.89. The van der Waals surface area contributed by atoms with Gasteiger partial charge in [0.05, 0.1) is 6.61 Å². The van der Waals surface area contributed by atoms with Crippen molar-refractivity contribution in [2.75, 3.05) is 6.61 Å². The van der Waals surface area contributed by atoms with Crippen molar-refractivity contribution >= 4 is 6.47 Å². The minimum absolute atomic E-state index is 0.0206. The molecule has 0 aromatic rings. The third-order valence-electron chi connectivity index (χ3n) is 1.32. The molecule has 0 aliphatic rings. The van der Waals surface area contributed by atoms with Crippen molar-refractivity contribution in [3.8, 4) is 0 Å². The molecule has 0 bridgehead atoms. The summed E-state index contributed by atoms with van der Waals surface area (Å²) in [5.41, 5.74) is 1.14. The molecule has 0 amide bonds. The van der Waals surface area contributed by atoms with Crippen LogP contribution in [0.2, 0.25) is 0 Å². The fourth-order valence-corrected chi connectivity index (χ4v) is 1.13. The van der Waals surface area contributed by atoms with Crippen LogP contribution in [0.1, 0.15) is 27.2 Å². The normalized spacial score (nSPS) is 10.8. The summed E-state index contributed by atoms with van der Waals surface area (Å²) < 4.78 is 4.68. The Morgan fingerprint density at radius 3 is 2.55 bits per heavy atom. The lowest BCUT2D eigenvalue weighted by Crippen LogP contribution is -2.19. The second-order valence-corrected chi connectivity index (χ2v) is 3.71. The molecule has 0 radical (unpaired) electrons. The molecule has 0 rings (SSSR count). The van der Waals surface area contributed by atoms with E-state index in [4.69, 9.17) is 0 Å². The smallest absolute Gasteiger partial charge is 0.293 e. The maximum Gasteiger partial charge on any atom is 0.293 e. The highest BCUT2D eigenvalue weighted by molar-refractivity contribution is 5.37. The van der Waals surface area contributed by atoms with Crippen molar-refractivity contribution in [2.45, 2.75) is 27.2 Å². The molecule has 2 heteroatoms. The van der Waals surface area contributed by atoms with Gasteiger partial charge in [0.2, 0.25) is 0 Å². The molecule has 0 aromatic carbocycles. The monoisotopic (exact) mass is 156 g/mol. The molecule has 0 atom stereocenters. The molecule has 0 N–H and O–H groups in total. The van der Waals surface area contributed by atoms with Crippen LogP contribution in [-0.4, -0.2) is 13.1 Å². The number of carbonyl (C=O) groups excluding carboxylic acids is 1. The van der Waals surface area contributed by atoms with Gasteiger partial charge in [-0.05, 0) is 13.3 Å². The van der Waals surface area contributed by atoms with Crippen molar-refractivity contribution in [1.29, 1.82) is 0 Å². The summed E-state index contributed by atoms with van der Waals surface area (Å²) in [6.45, 7) is 10.8. The van der Waals surface area contributed by atoms with Gasteiger partial charge in [-0.15, -0.1) is 6.58 Å². The van der Waals surface area contributed by atoms with Crippen molar-refractivity contribution in [2.24, 2.45) is 5.41 Å². The Balaban J connectivity index is 3.78. The van der Waals surface area contributed by atoms with Crippen LogP contribution in [-0.2, 0) is 9.53 Å². The van der Waals surface area contributed by atoms with Crippen molar-refractivity contribution in [3.63, 3.8) is 0 Å². The van der Waals surface area contributed by atoms with Crippen LogP contribution in [0.15, 0.2) is 12.2 Å². The predicted octanol–water partition coefficient (Wildman–Crippen LogP) is 2.15. The van der Waals surface area contributed by atoms with Gasteiger partial charge in [0.15, 0.2) is 0 Å². The fraction of sp³-hybridized carbons (Fsp3) is 0.667. The zero-order valence-electron chi connectivity index (χ0n) is 7.52. The molecule has 0 saturated carbocycles. The lowest BCUT2D eigenvalue weighted by atomic mass is 9.87. The minimum atomic E-state index is 0.0206. The third-order valence-corrected chi connectivity index (χ3v) is 1.32. The number of allylic oxidation sites excluding steroid dienone is 1. The highest BCUT2D eigenvalue weighted by Gasteiger charge is 2.18. The van der Waals surface area contributed by atoms with Gasteiger partial charge in [-0.2, -0.15) is 0 Å². The summed E-state index contributed by atoms with van der Waals surface area (Å²) in [4.78, 5) is 9.89. The van der Waals surface area contributed by atoms with Crippen LogP contribution in [0.5, 0.6) is 0 Å². The second-order valence-electron chi connectivity index (χ2n) is 3.71. The quantitative estimate of drug-likeness (QED) is 0.450. The minimum Gasteiger partial charge on any atom is -0.467 e. The molecule has 0 heterocycles. The van der Waals surface area contributed by atoms with Gasteiger partial charge in [0.1, 0.15) is 0 Å². The van der Waals surface area contributed by atoms with Crippen LogP contribution in [0, 0.1) is 5.41 Å². The Kier molecular flexibility index (Phi) is 3.86. The van der Waals surface area contributed by atoms with Crippen molar-refractivity contribution in [3.05, 3.63) is 12.2 Å². The van der Waals surface area contributed by atoms with Gasteiger partial charge < -0.3 is 4.74 Å². The van der Waals surface area contributed by atoms with E-state index in [-0.39, 0.29) is 5.41 Å². The standard InChI is InChI=1S/C9H16O2/c1-8(2)5-9(3,4)6-11-7-10/h7H,1,5-6H2,2-4H3. The van der Waals surface area contributed by atoms with E-state index in [1.165, 1.54) is 0 Å². The highest BCUT2D eigenvalue weighted by atomic mass is 16.5. The van der Waals surface area contributed by atoms with Gasteiger partial charge in [0, 0.05) is 5.41 Å². The van der Waals surface area contributed by atoms with Crippen LogP contribution >= 0.6 is 0 Å². The Hall–Kier alpha value is -0.790. The molecule has 0 unspecified atom stereocenters. The maximum absolute atomic E-state index is 9.89. The van der Waals surface area contributed by atoms with Crippen molar-refractivity contribution in [1.82, 2.24) is 0 Å². The molecule has 0 saturated heterocycles. The predicted molar refractivity (Wildman–Crippen MR) is 45.2 cm³/mol. The van der Waals surface area contributed by atoms with Crippen LogP contribution in [0.25, 0.3) is 0 Å². The third kappa shape index (κ3) is 5.64. The molecule has 2 nitrogen and oxygen atoms in total. The average Bonchev–Trinajstić information content (AvgIpc) is 1.81. The highest BCUT2D eigenvalue weighted by Crippen LogP contribution is 2.23. The Morgan fingerprint density at radius 2 is 2.18 bits per heavy atom. The first-order valence-corrected chi connectivity index (χ1v) is 3.67. The number of ether oxygens (including phenoxy) is 1. The lowest BCUT2D eigenvalue weighted by Gasteiger charge is -2.22. The zero-order valence-corrected chi connectivity index (χ0v) is 7.52. The number of hydrogen-bond acceptors (Lipinski definition) is 2. The van der Waals surface area contributed by atoms with Gasteiger partial charge >= 0.3 is 0 Å². The van der Waals surface area contributed by atoms with Gasteiger partial charge in [-0.25, -0.2) is 0 Å². The summed E-state index contributed by atoms with van der Waals surface area (Å²) >= 11 is 0. The number of carbonyl (C=O) groups is 1. The van der Waals surface area contributed by atoms with E-state index in [2.05, 4.69) is 11.3 Å². The summed E-state index contributed by atoms with van der Waals surface area (Å²) in [5, 5.41) is 0. The summed E-state index contributed by atoms with van der Waals surface area (Å²) in [6, 6.07) is 0. The SMILES string of the molecule is C=C(C)CC(C)(C)COC=O. The summed E-state index contributed by atoms with van der Waals surface area (Å²) in [5.74, 6) is 0. The first-order chi connectivity index (χ1) is 4.98. The van der Waals surface area contributed by atoms with Crippen molar-refractivity contribution < 1.29 is 9.53 Å². The molecular weight excluding hydrogens is 140 g/mol. The molecule has 0 spiro atoms. The molecule has 64 valence electrons. The van der Waals surface area contributed by atoms with Crippen LogP contribution in [0.3, 0.4) is 0 Å². The Morgan fingerprint density at radius 1 is 1.64 bits per heavy atom. The van der Waals surface area contributed by atoms with E-state index in [1.807, 2.05) is 20.8 Å². The number of hydrogen-bond donors (Lipinski definition) is 0. The Labute approximate surface area is 68.2 Å². The lowest BCUT2D eigenvalue weighted by molar-refractivity contribution is -0.131. The topological polar surface area (TPSA) is 26.3 Å². The second kappa shape index (κ2) is 4.16. The van der Waals surface area contributed by atoms with Gasteiger partial charge in [-0.3, -0.25) is 4.79 Å². The average molecular weight is 156 g/mol. The number of rotatable bonds is 5. The first kappa shape index (κ1) is 10.2. The van der Waals surface area contributed by atoms with E-state index in [0.29, 0.717) is 13.1 Å². The van der Waals surface area contributed by atoms with Crippen LogP contribution < -0.4 is 0 Å².